The summed E-state index contributed by atoms with van der Waals surface area (Å²) in [5, 5.41) is 2.48. The first kappa shape index (κ1) is 22.6. The fraction of sp³-hybridized carbons (Fsp3) is 0.208. The van der Waals surface area contributed by atoms with Crippen molar-refractivity contribution in [3.8, 4) is 11.5 Å². The molecule has 0 spiro atoms. The maximum Gasteiger partial charge on any atom is 0.329 e. The fourth-order valence-corrected chi connectivity index (χ4v) is 3.19. The van der Waals surface area contributed by atoms with Crippen molar-refractivity contribution in [2.24, 2.45) is 0 Å². The van der Waals surface area contributed by atoms with Crippen LogP contribution in [0, 0.1) is 0 Å². The minimum atomic E-state index is -0.690. The quantitative estimate of drug-likeness (QED) is 0.281. The van der Waals surface area contributed by atoms with E-state index in [2.05, 4.69) is 16.6 Å². The molecule has 3 amide bonds. The number of allylic oxidation sites excluding steroid dienone is 1. The molecule has 3 rings (SSSR count). The highest BCUT2D eigenvalue weighted by molar-refractivity contribution is 6.15. The van der Waals surface area contributed by atoms with Crippen LogP contribution in [0.5, 0.6) is 11.5 Å². The van der Waals surface area contributed by atoms with E-state index >= 15 is 0 Å². The summed E-state index contributed by atoms with van der Waals surface area (Å²) in [6.45, 7) is 3.70. The maximum absolute atomic E-state index is 12.6. The molecule has 0 bridgehead atoms. The number of hydrogen-bond acceptors (Lipinski definition) is 6. The lowest BCUT2D eigenvalue weighted by Crippen LogP contribution is -2.36. The van der Waals surface area contributed by atoms with Crippen LogP contribution in [-0.4, -0.2) is 43.6 Å². The average molecular weight is 436 g/mol. The van der Waals surface area contributed by atoms with E-state index in [1.807, 2.05) is 36.4 Å². The second-order valence-corrected chi connectivity index (χ2v) is 6.93. The average Bonchev–Trinajstić information content (AvgIpc) is 3.06. The third-order valence-corrected chi connectivity index (χ3v) is 4.75. The van der Waals surface area contributed by atoms with Crippen molar-refractivity contribution < 1.29 is 28.6 Å². The van der Waals surface area contributed by atoms with Crippen LogP contribution in [0.15, 0.2) is 60.8 Å². The number of ether oxygens (including phenoxy) is 3. The molecule has 2 aromatic carbocycles. The zero-order valence-electron chi connectivity index (χ0n) is 17.9. The van der Waals surface area contributed by atoms with Crippen LogP contribution >= 0.6 is 0 Å². The third kappa shape index (κ3) is 5.15. The largest absolute Gasteiger partial charge is 0.493 e. The van der Waals surface area contributed by atoms with Gasteiger partial charge in [0.15, 0.2) is 11.5 Å². The van der Waals surface area contributed by atoms with Gasteiger partial charge < -0.3 is 19.5 Å². The summed E-state index contributed by atoms with van der Waals surface area (Å²) >= 11 is 0. The first-order valence-electron chi connectivity index (χ1n) is 9.86. The number of carbonyl (C=O) groups excluding carboxylic acids is 3. The third-order valence-electron chi connectivity index (χ3n) is 4.75. The minimum Gasteiger partial charge on any atom is -0.493 e. The number of benzene rings is 2. The van der Waals surface area contributed by atoms with Crippen LogP contribution in [0.2, 0.25) is 0 Å². The van der Waals surface area contributed by atoms with Gasteiger partial charge in [-0.25, -0.2) is 9.69 Å². The van der Waals surface area contributed by atoms with Gasteiger partial charge in [-0.15, -0.1) is 6.58 Å². The molecule has 1 fully saturated rings. The molecule has 2 aromatic rings. The van der Waals surface area contributed by atoms with Crippen LogP contribution in [0.1, 0.15) is 16.7 Å². The van der Waals surface area contributed by atoms with Gasteiger partial charge in [0.25, 0.3) is 5.91 Å². The van der Waals surface area contributed by atoms with Crippen molar-refractivity contribution in [3.05, 3.63) is 77.5 Å². The molecule has 166 valence electrons. The predicted molar refractivity (Wildman–Crippen MR) is 118 cm³/mol. The second kappa shape index (κ2) is 10.3. The topological polar surface area (TPSA) is 94.2 Å². The van der Waals surface area contributed by atoms with Crippen LogP contribution in [0.3, 0.4) is 0 Å². The van der Waals surface area contributed by atoms with E-state index in [-0.39, 0.29) is 5.70 Å². The van der Waals surface area contributed by atoms with E-state index in [1.165, 1.54) is 20.3 Å². The Bertz CT molecular complexity index is 1060. The van der Waals surface area contributed by atoms with Crippen LogP contribution in [0.25, 0.3) is 6.08 Å². The number of imide groups is 1. The van der Waals surface area contributed by atoms with Gasteiger partial charge in [-0.2, -0.15) is 0 Å². The Morgan fingerprint density at radius 2 is 1.91 bits per heavy atom. The summed E-state index contributed by atoms with van der Waals surface area (Å²) in [7, 11) is 2.71. The predicted octanol–water partition coefficient (Wildman–Crippen LogP) is 3.07. The normalized spacial score (nSPS) is 14.3. The van der Waals surface area contributed by atoms with Gasteiger partial charge in [0, 0.05) is 5.56 Å². The zero-order chi connectivity index (χ0) is 23.1. The van der Waals surface area contributed by atoms with Crippen molar-refractivity contribution in [3.63, 3.8) is 0 Å². The number of amides is 3. The number of methoxy groups -OCH3 is 2. The molecule has 1 aliphatic rings. The summed E-state index contributed by atoms with van der Waals surface area (Å²) in [6.07, 6.45) is 3.77. The Kier molecular flexibility index (Phi) is 7.28. The van der Waals surface area contributed by atoms with Crippen molar-refractivity contribution >= 4 is 24.0 Å². The molecule has 1 N–H and O–H groups in total. The van der Waals surface area contributed by atoms with Gasteiger partial charge in [0.1, 0.15) is 18.8 Å². The van der Waals surface area contributed by atoms with Crippen LogP contribution in [0.4, 0.5) is 4.79 Å². The molecular formula is C24H24N2O6. The number of urea groups is 1. The van der Waals surface area contributed by atoms with Gasteiger partial charge in [-0.05, 0) is 35.8 Å². The van der Waals surface area contributed by atoms with Gasteiger partial charge >= 0.3 is 12.0 Å². The lowest BCUT2D eigenvalue weighted by Gasteiger charge is -2.16. The second-order valence-electron chi connectivity index (χ2n) is 6.93. The smallest absolute Gasteiger partial charge is 0.329 e. The molecule has 8 heteroatoms. The molecule has 1 saturated heterocycles. The summed E-state index contributed by atoms with van der Waals surface area (Å²) in [6, 6.07) is 12.6. The van der Waals surface area contributed by atoms with E-state index in [4.69, 9.17) is 9.47 Å². The molecule has 0 unspecified atom stereocenters. The van der Waals surface area contributed by atoms with E-state index in [1.54, 1.807) is 12.1 Å². The molecule has 0 radical (unpaired) electrons. The van der Waals surface area contributed by atoms with Gasteiger partial charge in [0.05, 0.1) is 14.2 Å². The highest BCUT2D eigenvalue weighted by Crippen LogP contribution is 2.35. The molecular weight excluding hydrogens is 412 g/mol. The van der Waals surface area contributed by atoms with Crippen LogP contribution in [-0.2, 0) is 27.4 Å². The molecule has 1 aliphatic heterocycles. The highest BCUT2D eigenvalue weighted by atomic mass is 16.5. The molecule has 0 saturated carbocycles. The van der Waals surface area contributed by atoms with Crippen molar-refractivity contribution in [1.29, 1.82) is 0 Å². The number of nitrogens with zero attached hydrogens (tertiary/aromatic N) is 1. The lowest BCUT2D eigenvalue weighted by atomic mass is 10.0. The van der Waals surface area contributed by atoms with Crippen LogP contribution < -0.4 is 14.8 Å². The number of hydrogen-bond donors (Lipinski definition) is 1. The Hall–Kier alpha value is -4.07. The molecule has 32 heavy (non-hydrogen) atoms. The Balaban J connectivity index is 1.90. The van der Waals surface area contributed by atoms with Gasteiger partial charge in [-0.3, -0.25) is 9.59 Å². The lowest BCUT2D eigenvalue weighted by molar-refractivity contribution is -0.143. The number of esters is 1. The SMILES string of the molecule is C=CCc1cc(/C=C2/NC(=O)N(CC(=O)OC)C2=O)cc(OC)c1OCc1ccccc1. The molecule has 0 aliphatic carbocycles. The van der Waals surface area contributed by atoms with E-state index in [0.717, 1.165) is 16.0 Å². The van der Waals surface area contributed by atoms with Gasteiger partial charge in [-0.1, -0.05) is 36.4 Å². The minimum absolute atomic E-state index is 0.0449. The van der Waals surface area contributed by atoms with E-state index < -0.39 is 24.5 Å². The standard InChI is InChI=1S/C24H24N2O6/c1-4-8-18-11-17(12-19-23(28)26(24(29)25-19)14-21(27)31-3)13-20(30-2)22(18)32-15-16-9-6-5-7-10-16/h4-7,9-13H,1,8,14-15H2,2-3H3,(H,25,29)/b19-12+. The van der Waals surface area contributed by atoms with E-state index in [9.17, 15) is 14.4 Å². The molecule has 8 nitrogen and oxygen atoms in total. The Morgan fingerprint density at radius 3 is 2.56 bits per heavy atom. The summed E-state index contributed by atoms with van der Waals surface area (Å²) in [4.78, 5) is 36.9. The Labute approximate surface area is 186 Å². The summed E-state index contributed by atoms with van der Waals surface area (Å²) < 4.78 is 16.1. The van der Waals surface area contributed by atoms with E-state index in [0.29, 0.717) is 30.1 Å². The number of carbonyl (C=O) groups is 3. The summed E-state index contributed by atoms with van der Waals surface area (Å²) in [5.74, 6) is -0.249. The first-order valence-corrected chi connectivity index (χ1v) is 9.86. The number of rotatable bonds is 9. The molecule has 1 heterocycles. The van der Waals surface area contributed by atoms with Crippen molar-refractivity contribution in [2.75, 3.05) is 20.8 Å². The first-order chi connectivity index (χ1) is 15.5. The Morgan fingerprint density at radius 1 is 1.16 bits per heavy atom. The number of nitrogens with one attached hydrogen (secondary N) is 1. The van der Waals surface area contributed by atoms with Gasteiger partial charge in [0.2, 0.25) is 0 Å². The molecule has 0 aromatic heterocycles. The highest BCUT2D eigenvalue weighted by Gasteiger charge is 2.35. The fourth-order valence-electron chi connectivity index (χ4n) is 3.19. The monoisotopic (exact) mass is 436 g/mol. The molecule has 0 atom stereocenters. The summed E-state index contributed by atoms with van der Waals surface area (Å²) in [5.41, 5.74) is 2.48. The van der Waals surface area contributed by atoms with Crippen molar-refractivity contribution in [2.45, 2.75) is 13.0 Å². The maximum atomic E-state index is 12.6. The van der Waals surface area contributed by atoms with Crippen molar-refractivity contribution in [1.82, 2.24) is 10.2 Å². The zero-order valence-corrected chi connectivity index (χ0v) is 17.9.